The summed E-state index contributed by atoms with van der Waals surface area (Å²) in [6.07, 6.45) is 0.715. The zero-order valence-corrected chi connectivity index (χ0v) is 11.1. The molecule has 0 aliphatic heterocycles. The number of nitrogens with zero attached hydrogens (tertiary/aromatic N) is 2. The van der Waals surface area contributed by atoms with Gasteiger partial charge in [0.15, 0.2) is 0 Å². The lowest BCUT2D eigenvalue weighted by atomic mass is 10.2. The second-order valence-electron chi connectivity index (χ2n) is 4.46. The molecular formula is C14H17N3O2. The van der Waals surface area contributed by atoms with Crippen molar-refractivity contribution in [2.75, 3.05) is 5.73 Å². The van der Waals surface area contributed by atoms with Gasteiger partial charge in [-0.15, -0.1) is 0 Å². The SMILES string of the molecule is CCCn1c(=O)cc(N)n(-c2ccccc2C)c1=O. The van der Waals surface area contributed by atoms with Crippen LogP contribution in [-0.2, 0) is 6.54 Å². The van der Waals surface area contributed by atoms with E-state index < -0.39 is 0 Å². The van der Waals surface area contributed by atoms with Gasteiger partial charge in [-0.05, 0) is 25.0 Å². The Labute approximate surface area is 110 Å². The molecule has 0 saturated heterocycles. The lowest BCUT2D eigenvalue weighted by Crippen LogP contribution is -2.40. The molecule has 0 atom stereocenters. The van der Waals surface area contributed by atoms with Crippen LogP contribution in [-0.4, -0.2) is 9.13 Å². The molecule has 1 aromatic heterocycles. The molecule has 2 rings (SSSR count). The van der Waals surface area contributed by atoms with Crippen LogP contribution in [0.4, 0.5) is 5.82 Å². The Morgan fingerprint density at radius 1 is 1.21 bits per heavy atom. The zero-order valence-electron chi connectivity index (χ0n) is 11.1. The van der Waals surface area contributed by atoms with Crippen LogP contribution in [0.25, 0.3) is 5.69 Å². The van der Waals surface area contributed by atoms with Gasteiger partial charge in [-0.25, -0.2) is 9.36 Å². The minimum absolute atomic E-state index is 0.164. The molecule has 19 heavy (non-hydrogen) atoms. The molecule has 0 unspecified atom stereocenters. The Balaban J connectivity index is 2.78. The van der Waals surface area contributed by atoms with Crippen molar-refractivity contribution in [1.82, 2.24) is 9.13 Å². The molecule has 5 heteroatoms. The van der Waals surface area contributed by atoms with E-state index in [2.05, 4.69) is 0 Å². The van der Waals surface area contributed by atoms with E-state index in [1.54, 1.807) is 0 Å². The molecule has 0 spiro atoms. The van der Waals surface area contributed by atoms with Crippen LogP contribution in [0.15, 0.2) is 39.9 Å². The molecule has 1 heterocycles. The summed E-state index contributed by atoms with van der Waals surface area (Å²) < 4.78 is 2.59. The summed E-state index contributed by atoms with van der Waals surface area (Å²) in [6.45, 7) is 4.21. The average molecular weight is 259 g/mol. The van der Waals surface area contributed by atoms with Gasteiger partial charge in [-0.1, -0.05) is 25.1 Å². The normalized spacial score (nSPS) is 10.6. The van der Waals surface area contributed by atoms with E-state index in [1.807, 2.05) is 38.1 Å². The van der Waals surface area contributed by atoms with E-state index in [4.69, 9.17) is 5.73 Å². The highest BCUT2D eigenvalue weighted by Crippen LogP contribution is 2.13. The third kappa shape index (κ3) is 2.31. The molecular weight excluding hydrogens is 242 g/mol. The van der Waals surface area contributed by atoms with Crippen LogP contribution >= 0.6 is 0 Å². The van der Waals surface area contributed by atoms with E-state index >= 15 is 0 Å². The van der Waals surface area contributed by atoms with E-state index in [-0.39, 0.29) is 17.1 Å². The third-order valence-electron chi connectivity index (χ3n) is 3.02. The number of hydrogen-bond acceptors (Lipinski definition) is 3. The molecule has 0 radical (unpaired) electrons. The van der Waals surface area contributed by atoms with E-state index in [9.17, 15) is 9.59 Å². The van der Waals surface area contributed by atoms with Gasteiger partial charge in [0.05, 0.1) is 5.69 Å². The molecule has 0 aliphatic carbocycles. The number of hydrogen-bond donors (Lipinski definition) is 1. The minimum Gasteiger partial charge on any atom is -0.385 e. The molecule has 0 saturated carbocycles. The van der Waals surface area contributed by atoms with Crippen molar-refractivity contribution in [3.8, 4) is 5.69 Å². The van der Waals surface area contributed by atoms with Crippen LogP contribution in [0.2, 0.25) is 0 Å². The topological polar surface area (TPSA) is 70.0 Å². The summed E-state index contributed by atoms with van der Waals surface area (Å²) in [5, 5.41) is 0. The third-order valence-corrected chi connectivity index (χ3v) is 3.02. The molecule has 5 nitrogen and oxygen atoms in total. The van der Waals surface area contributed by atoms with Crippen LogP contribution in [0.3, 0.4) is 0 Å². The number of para-hydroxylation sites is 1. The predicted molar refractivity (Wildman–Crippen MR) is 75.7 cm³/mol. The van der Waals surface area contributed by atoms with Crippen LogP contribution in [0.5, 0.6) is 0 Å². The molecule has 0 bridgehead atoms. The number of rotatable bonds is 3. The van der Waals surface area contributed by atoms with Gasteiger partial charge in [-0.3, -0.25) is 9.36 Å². The Bertz CT molecular complexity index is 713. The van der Waals surface area contributed by atoms with Crippen molar-refractivity contribution in [3.05, 3.63) is 56.7 Å². The highest BCUT2D eigenvalue weighted by atomic mass is 16.2. The smallest absolute Gasteiger partial charge is 0.337 e. The number of aryl methyl sites for hydroxylation is 1. The average Bonchev–Trinajstić information content (AvgIpc) is 2.36. The number of nitrogen functional groups attached to an aromatic ring is 1. The lowest BCUT2D eigenvalue weighted by molar-refractivity contribution is 0.600. The summed E-state index contributed by atoms with van der Waals surface area (Å²) in [6, 6.07) is 8.74. The Kier molecular flexibility index (Phi) is 3.55. The van der Waals surface area contributed by atoms with E-state index in [0.29, 0.717) is 18.7 Å². The Morgan fingerprint density at radius 2 is 1.89 bits per heavy atom. The van der Waals surface area contributed by atoms with E-state index in [1.165, 1.54) is 15.2 Å². The molecule has 1 aromatic carbocycles. The first-order chi connectivity index (χ1) is 9.06. The maximum atomic E-state index is 12.4. The van der Waals surface area contributed by atoms with Crippen molar-refractivity contribution >= 4 is 5.82 Å². The van der Waals surface area contributed by atoms with Gasteiger partial charge >= 0.3 is 5.69 Å². The lowest BCUT2D eigenvalue weighted by Gasteiger charge is -2.14. The molecule has 0 aliphatic rings. The van der Waals surface area contributed by atoms with Crippen LogP contribution in [0.1, 0.15) is 18.9 Å². The van der Waals surface area contributed by atoms with Gasteiger partial charge in [0.1, 0.15) is 5.82 Å². The molecule has 0 amide bonds. The summed E-state index contributed by atoms with van der Waals surface area (Å²) >= 11 is 0. The molecule has 2 aromatic rings. The molecule has 0 fully saturated rings. The van der Waals surface area contributed by atoms with Crippen molar-refractivity contribution in [2.24, 2.45) is 0 Å². The second kappa shape index (κ2) is 5.14. The van der Waals surface area contributed by atoms with Crippen molar-refractivity contribution < 1.29 is 0 Å². The fraction of sp³-hybridized carbons (Fsp3) is 0.286. The van der Waals surface area contributed by atoms with Crippen LogP contribution in [0, 0.1) is 6.92 Å². The predicted octanol–water partition coefficient (Wildman–Crippen LogP) is 1.30. The van der Waals surface area contributed by atoms with Crippen molar-refractivity contribution in [2.45, 2.75) is 26.8 Å². The minimum atomic E-state index is -0.388. The highest BCUT2D eigenvalue weighted by molar-refractivity contribution is 5.46. The largest absolute Gasteiger partial charge is 0.385 e. The summed E-state index contributed by atoms with van der Waals surface area (Å²) in [7, 11) is 0. The molecule has 100 valence electrons. The number of anilines is 1. The van der Waals surface area contributed by atoms with Crippen molar-refractivity contribution in [3.63, 3.8) is 0 Å². The quantitative estimate of drug-likeness (QED) is 0.903. The maximum absolute atomic E-state index is 12.4. The summed E-state index contributed by atoms with van der Waals surface area (Å²) in [5.74, 6) is 0.164. The fourth-order valence-electron chi connectivity index (χ4n) is 2.08. The van der Waals surface area contributed by atoms with Gasteiger partial charge in [0, 0.05) is 12.6 Å². The second-order valence-corrected chi connectivity index (χ2v) is 4.46. The zero-order chi connectivity index (χ0) is 14.0. The number of aromatic nitrogens is 2. The van der Waals surface area contributed by atoms with Gasteiger partial charge in [-0.2, -0.15) is 0 Å². The first-order valence-electron chi connectivity index (χ1n) is 6.24. The highest BCUT2D eigenvalue weighted by Gasteiger charge is 2.11. The van der Waals surface area contributed by atoms with Gasteiger partial charge in [0.25, 0.3) is 5.56 Å². The summed E-state index contributed by atoms with van der Waals surface area (Å²) in [5.41, 5.74) is 6.73. The Morgan fingerprint density at radius 3 is 2.53 bits per heavy atom. The monoisotopic (exact) mass is 259 g/mol. The van der Waals surface area contributed by atoms with Crippen molar-refractivity contribution in [1.29, 1.82) is 0 Å². The van der Waals surface area contributed by atoms with E-state index in [0.717, 1.165) is 5.56 Å². The number of nitrogens with two attached hydrogens (primary N) is 1. The molecule has 2 N–H and O–H groups in total. The standard InChI is InChI=1S/C14H17N3O2/c1-3-8-16-13(18)9-12(15)17(14(16)19)11-7-5-4-6-10(11)2/h4-7,9H,3,8,15H2,1-2H3. The van der Waals surface area contributed by atoms with Crippen LogP contribution < -0.4 is 17.0 Å². The summed E-state index contributed by atoms with van der Waals surface area (Å²) in [4.78, 5) is 24.2. The van der Waals surface area contributed by atoms with Gasteiger partial charge in [0.2, 0.25) is 0 Å². The van der Waals surface area contributed by atoms with Gasteiger partial charge < -0.3 is 5.73 Å². The maximum Gasteiger partial charge on any atom is 0.337 e. The fourth-order valence-corrected chi connectivity index (χ4v) is 2.08. The first-order valence-corrected chi connectivity index (χ1v) is 6.24. The Hall–Kier alpha value is -2.30. The number of benzene rings is 1. The first kappa shape index (κ1) is 13.1.